The van der Waals surface area contributed by atoms with Crippen molar-refractivity contribution in [2.24, 2.45) is 5.41 Å². The molecule has 2 heterocycles. The maximum absolute atomic E-state index is 12.6. The first-order valence-electron chi connectivity index (χ1n) is 13.5. The number of ether oxygens (including phenoxy) is 1. The molecule has 0 unspecified atom stereocenters. The molecule has 2 aliphatic heterocycles. The predicted molar refractivity (Wildman–Crippen MR) is 140 cm³/mol. The number of hydrogen-bond acceptors (Lipinski definition) is 7. The van der Waals surface area contributed by atoms with Gasteiger partial charge in [-0.05, 0) is 44.9 Å². The van der Waals surface area contributed by atoms with Crippen molar-refractivity contribution in [1.29, 1.82) is 0 Å². The Morgan fingerprint density at radius 1 is 1.06 bits per heavy atom. The first-order chi connectivity index (χ1) is 17.3. The fraction of sp³-hybridized carbons (Fsp3) is 0.840. The molecule has 2 N–H and O–H groups in total. The van der Waals surface area contributed by atoms with E-state index in [9.17, 15) is 19.2 Å². The van der Waals surface area contributed by atoms with Gasteiger partial charge in [0.2, 0.25) is 11.8 Å². The summed E-state index contributed by atoms with van der Waals surface area (Å²) in [7, 11) is 3.95. The van der Waals surface area contributed by atoms with Gasteiger partial charge in [-0.2, -0.15) is 0 Å². The minimum Gasteiger partial charge on any atom is -0.481 e. The second kappa shape index (κ2) is 16.3. The van der Waals surface area contributed by atoms with Gasteiger partial charge in [0.1, 0.15) is 0 Å². The van der Waals surface area contributed by atoms with Crippen LogP contribution in [-0.4, -0.2) is 71.0 Å². The minimum atomic E-state index is -1.04. The molecule has 8 nitrogen and oxygen atoms in total. The Kier molecular flexibility index (Phi) is 13.2. The van der Waals surface area contributed by atoms with Gasteiger partial charge in [-0.1, -0.05) is 41.3 Å². The normalized spacial score (nSPS) is 19.7. The minimum absolute atomic E-state index is 0.0987. The summed E-state index contributed by atoms with van der Waals surface area (Å²) >= 11 is 0. The Morgan fingerprint density at radius 3 is 2.51 bits per heavy atom. The number of rotatable bonds is 16. The highest BCUT2D eigenvalue weighted by atomic mass is 33.1. The molecule has 0 aromatic carbocycles. The molecule has 1 atom stereocenters. The summed E-state index contributed by atoms with van der Waals surface area (Å²) < 4.78 is 13.1. The number of aliphatic carboxylic acids is 1. The van der Waals surface area contributed by atoms with Crippen molar-refractivity contribution in [1.82, 2.24) is 10.2 Å². The zero-order valence-electron chi connectivity index (χ0n) is 21.8. The van der Waals surface area contributed by atoms with Crippen LogP contribution in [0.1, 0.15) is 91.7 Å². The Morgan fingerprint density at radius 2 is 1.83 bits per heavy atom. The summed E-state index contributed by atoms with van der Waals surface area (Å²) in [6.45, 7) is 1.94. The smallest absolute Gasteiger partial charge is 0.306 e. The number of unbranched alkanes of at least 4 members (excludes halogenated alkanes) is 3. The molecule has 2 fully saturated rings. The number of nitrogens with one attached hydrogen (secondary N) is 1. The molecule has 2 saturated heterocycles. The van der Waals surface area contributed by atoms with Crippen LogP contribution in [0.5, 0.6) is 0 Å². The molecule has 0 bridgehead atoms. The molecule has 10 heteroatoms. The molecule has 2 rings (SSSR count). The highest BCUT2D eigenvalue weighted by Crippen LogP contribution is 2.39. The van der Waals surface area contributed by atoms with Crippen molar-refractivity contribution in [3.05, 3.63) is 0 Å². The van der Waals surface area contributed by atoms with Gasteiger partial charge in [-0.15, -0.1) is 0 Å². The molecule has 200 valence electrons. The summed E-state index contributed by atoms with van der Waals surface area (Å²) in [4.78, 5) is 48.6. The lowest BCUT2D eigenvalue weighted by Crippen LogP contribution is -2.44. The topological polar surface area (TPSA) is 113 Å². The summed E-state index contributed by atoms with van der Waals surface area (Å²) in [5.41, 5.74) is -0.470. The van der Waals surface area contributed by atoms with E-state index in [0.717, 1.165) is 37.4 Å². The molecule has 0 saturated carbocycles. The van der Waals surface area contributed by atoms with Gasteiger partial charge in [0.15, 0.2) is 0 Å². The Labute approximate surface area is 218 Å². The number of esters is 1. The van der Waals surface area contributed by atoms with E-state index < -0.39 is 17.4 Å². The SMILES string of the molecule is [3H]CC1(COC(=O)CCC(=O)O)CCN(C(=O)CCCCCNC(=O)CCCC[C@@H]2CCSS2)CC1. The number of carbonyl (C=O) groups excluding carboxylic acids is 3. The first kappa shape index (κ1) is 28.2. The second-order valence-electron chi connectivity index (χ2n) is 9.67. The van der Waals surface area contributed by atoms with Crippen LogP contribution in [0.3, 0.4) is 0 Å². The molecule has 35 heavy (non-hydrogen) atoms. The van der Waals surface area contributed by atoms with Crippen LogP contribution >= 0.6 is 21.6 Å². The van der Waals surface area contributed by atoms with E-state index in [0.29, 0.717) is 45.3 Å². The second-order valence-corrected chi connectivity index (χ2v) is 12.5. The van der Waals surface area contributed by atoms with Crippen LogP contribution in [0.4, 0.5) is 0 Å². The number of hydrogen-bond donors (Lipinski definition) is 2. The predicted octanol–water partition coefficient (Wildman–Crippen LogP) is 4.41. The molecule has 2 amide bonds. The largest absolute Gasteiger partial charge is 0.481 e. The number of carboxylic acids is 1. The lowest BCUT2D eigenvalue weighted by Gasteiger charge is -2.39. The fourth-order valence-corrected chi connectivity index (χ4v) is 7.19. The van der Waals surface area contributed by atoms with E-state index in [1.165, 1.54) is 18.6 Å². The third-order valence-corrected chi connectivity index (χ3v) is 9.56. The van der Waals surface area contributed by atoms with Crippen LogP contribution < -0.4 is 5.32 Å². The standard InChI is InChI=1S/C25H42N2O6S2/c1-25(19-33-24(32)11-10-23(30)31)13-16-27(17-14-25)22(29)9-3-2-6-15-26-21(28)8-5-4-7-20-12-18-34-35-20/h20H,2-19H2,1H3,(H,26,28)(H,30,31)/t20-/m1/s1/i1T. The lowest BCUT2D eigenvalue weighted by molar-refractivity contribution is -0.151. The van der Waals surface area contributed by atoms with Gasteiger partial charge in [0, 0.05) is 50.3 Å². The third kappa shape index (κ3) is 12.9. The van der Waals surface area contributed by atoms with Gasteiger partial charge in [0.05, 0.1) is 19.4 Å². The molecule has 0 radical (unpaired) electrons. The third-order valence-electron chi connectivity index (χ3n) is 6.56. The van der Waals surface area contributed by atoms with Gasteiger partial charge in [-0.25, -0.2) is 0 Å². The van der Waals surface area contributed by atoms with E-state index in [-0.39, 0.29) is 38.2 Å². The van der Waals surface area contributed by atoms with Crippen LogP contribution in [0.25, 0.3) is 0 Å². The monoisotopic (exact) mass is 532 g/mol. The Balaban J connectivity index is 1.49. The molecule has 2 aliphatic rings. The van der Waals surface area contributed by atoms with Crippen LogP contribution in [0, 0.1) is 5.41 Å². The van der Waals surface area contributed by atoms with Crippen LogP contribution in [0.15, 0.2) is 0 Å². The molecule has 0 aromatic heterocycles. The van der Waals surface area contributed by atoms with Crippen molar-refractivity contribution in [3.63, 3.8) is 0 Å². The average Bonchev–Trinajstić information content (AvgIpc) is 3.40. The lowest BCUT2D eigenvalue weighted by atomic mass is 9.81. The van der Waals surface area contributed by atoms with Gasteiger partial charge in [0.25, 0.3) is 0 Å². The quantitative estimate of drug-likeness (QED) is 0.171. The number of nitrogens with zero attached hydrogens (tertiary/aromatic N) is 1. The van der Waals surface area contributed by atoms with E-state index >= 15 is 0 Å². The number of piperidine rings is 1. The van der Waals surface area contributed by atoms with E-state index in [1.54, 1.807) is 0 Å². The zero-order chi connectivity index (χ0) is 26.2. The van der Waals surface area contributed by atoms with E-state index in [2.05, 4.69) is 5.32 Å². The maximum atomic E-state index is 12.6. The van der Waals surface area contributed by atoms with Crippen molar-refractivity contribution in [2.75, 3.05) is 32.0 Å². The summed E-state index contributed by atoms with van der Waals surface area (Å²) in [6, 6.07) is 0. The van der Waals surface area contributed by atoms with Crippen LogP contribution in [0.2, 0.25) is 0 Å². The highest BCUT2D eigenvalue weighted by molar-refractivity contribution is 8.77. The van der Waals surface area contributed by atoms with Gasteiger partial charge < -0.3 is 20.1 Å². The summed E-state index contributed by atoms with van der Waals surface area (Å²) in [5, 5.41) is 12.4. The van der Waals surface area contributed by atoms with Crippen molar-refractivity contribution in [2.45, 2.75) is 95.6 Å². The van der Waals surface area contributed by atoms with Crippen molar-refractivity contribution in [3.8, 4) is 0 Å². The summed E-state index contributed by atoms with van der Waals surface area (Å²) in [6.07, 6.45) is 8.94. The Hall–Kier alpha value is -1.42. The fourth-order valence-electron chi connectivity index (χ4n) is 4.16. The number of carbonyl (C=O) groups is 4. The van der Waals surface area contributed by atoms with Crippen molar-refractivity contribution >= 4 is 45.3 Å². The number of amides is 2. The van der Waals surface area contributed by atoms with E-state index in [1.807, 2.05) is 26.5 Å². The molecule has 0 spiro atoms. The zero-order valence-corrected chi connectivity index (χ0v) is 22.4. The van der Waals surface area contributed by atoms with Crippen LogP contribution in [-0.2, 0) is 23.9 Å². The number of likely N-dealkylation sites (tertiary alicyclic amines) is 1. The van der Waals surface area contributed by atoms with Gasteiger partial charge in [-0.3, -0.25) is 19.2 Å². The molecular formula is C25H42N2O6S2. The van der Waals surface area contributed by atoms with Gasteiger partial charge >= 0.3 is 11.9 Å². The molecular weight excluding hydrogens is 488 g/mol. The summed E-state index contributed by atoms with van der Waals surface area (Å²) in [5.74, 6) is -0.118. The first-order valence-corrected chi connectivity index (χ1v) is 15.2. The maximum Gasteiger partial charge on any atom is 0.306 e. The van der Waals surface area contributed by atoms with E-state index in [4.69, 9.17) is 11.2 Å². The highest BCUT2D eigenvalue weighted by Gasteiger charge is 2.33. The van der Waals surface area contributed by atoms with Crippen molar-refractivity contribution < 1.29 is 30.4 Å². The molecule has 0 aliphatic carbocycles. The molecule has 0 aromatic rings. The number of carboxylic acid groups (broad SMARTS) is 1. The Bertz CT molecular complexity index is 713. The average molecular weight is 533 g/mol.